The van der Waals surface area contributed by atoms with E-state index in [0.29, 0.717) is 13.2 Å². The van der Waals surface area contributed by atoms with Crippen LogP contribution >= 0.6 is 0 Å². The zero-order valence-electron chi connectivity index (χ0n) is 10.7. The Kier molecular flexibility index (Phi) is 3.64. The van der Waals surface area contributed by atoms with Gasteiger partial charge < -0.3 is 9.84 Å². The summed E-state index contributed by atoms with van der Waals surface area (Å²) in [5.41, 5.74) is 2.92. The van der Waals surface area contributed by atoms with Gasteiger partial charge in [0.1, 0.15) is 0 Å². The molecule has 1 saturated heterocycles. The van der Waals surface area contributed by atoms with Crippen LogP contribution in [0, 0.1) is 5.92 Å². The molecule has 0 saturated carbocycles. The zero-order valence-corrected chi connectivity index (χ0v) is 10.7. The van der Waals surface area contributed by atoms with Gasteiger partial charge >= 0.3 is 0 Å². The monoisotopic (exact) mass is 247 g/mol. The second kappa shape index (κ2) is 5.39. The Balaban J connectivity index is 1.62. The maximum atomic E-state index is 9.99. The summed E-state index contributed by atoms with van der Waals surface area (Å²) in [6.07, 6.45) is 1.73. The Hall–Kier alpha value is -0.900. The third-order valence-corrected chi connectivity index (χ3v) is 4.14. The van der Waals surface area contributed by atoms with Gasteiger partial charge in [0.05, 0.1) is 12.7 Å². The summed E-state index contributed by atoms with van der Waals surface area (Å²) in [4.78, 5) is 2.45. The third-order valence-electron chi connectivity index (χ3n) is 4.14. The van der Waals surface area contributed by atoms with Crippen molar-refractivity contribution in [3.05, 3.63) is 35.4 Å². The third kappa shape index (κ3) is 2.58. The van der Waals surface area contributed by atoms with Crippen molar-refractivity contribution in [1.82, 2.24) is 4.90 Å². The van der Waals surface area contributed by atoms with Gasteiger partial charge in [-0.15, -0.1) is 0 Å². The molecule has 3 rings (SSSR count). The highest BCUT2D eigenvalue weighted by molar-refractivity contribution is 5.29. The fourth-order valence-corrected chi connectivity index (χ4v) is 3.00. The Labute approximate surface area is 108 Å². The number of nitrogens with zero attached hydrogens (tertiary/aromatic N) is 1. The Morgan fingerprint density at radius 2 is 2.11 bits per heavy atom. The number of fused-ring (bicyclic) bond motifs is 1. The maximum absolute atomic E-state index is 9.99. The first-order valence-corrected chi connectivity index (χ1v) is 6.88. The molecule has 0 aliphatic carbocycles. The highest BCUT2D eigenvalue weighted by Gasteiger charge is 2.27. The standard InChI is InChI=1S/C15H21NO2/c17-15-6-8-18-11-14(15)10-16-7-5-12-3-1-2-4-13(12)9-16/h1-4,14-15,17H,5-11H2. The molecule has 0 radical (unpaired) electrons. The summed E-state index contributed by atoms with van der Waals surface area (Å²) in [5, 5.41) is 9.99. The lowest BCUT2D eigenvalue weighted by Gasteiger charge is -2.35. The van der Waals surface area contributed by atoms with Crippen molar-refractivity contribution in [2.24, 2.45) is 5.92 Å². The van der Waals surface area contributed by atoms with Gasteiger partial charge in [0.2, 0.25) is 0 Å². The SMILES string of the molecule is OC1CCOCC1CN1CCc2ccccc2C1. The summed E-state index contributed by atoms with van der Waals surface area (Å²) in [5.74, 6) is 0.281. The molecule has 0 aromatic heterocycles. The van der Waals surface area contributed by atoms with E-state index in [-0.39, 0.29) is 12.0 Å². The fraction of sp³-hybridized carbons (Fsp3) is 0.600. The first kappa shape index (κ1) is 12.2. The van der Waals surface area contributed by atoms with E-state index in [2.05, 4.69) is 29.2 Å². The van der Waals surface area contributed by atoms with Crippen LogP contribution in [0.4, 0.5) is 0 Å². The van der Waals surface area contributed by atoms with Crippen LogP contribution in [-0.4, -0.2) is 42.4 Å². The van der Waals surface area contributed by atoms with Crippen LogP contribution in [0.5, 0.6) is 0 Å². The first-order chi connectivity index (χ1) is 8.83. The van der Waals surface area contributed by atoms with Gasteiger partial charge in [-0.3, -0.25) is 4.90 Å². The summed E-state index contributed by atoms with van der Waals surface area (Å²) in [7, 11) is 0. The van der Waals surface area contributed by atoms with Crippen molar-refractivity contribution in [3.8, 4) is 0 Å². The molecule has 2 atom stereocenters. The second-order valence-electron chi connectivity index (χ2n) is 5.44. The number of hydrogen-bond acceptors (Lipinski definition) is 3. The van der Waals surface area contributed by atoms with Crippen LogP contribution in [0.3, 0.4) is 0 Å². The minimum Gasteiger partial charge on any atom is -0.393 e. The van der Waals surface area contributed by atoms with Gasteiger partial charge in [0.25, 0.3) is 0 Å². The van der Waals surface area contributed by atoms with Crippen molar-refractivity contribution >= 4 is 0 Å². The summed E-state index contributed by atoms with van der Waals surface area (Å²) in [6, 6.07) is 8.68. The van der Waals surface area contributed by atoms with E-state index in [9.17, 15) is 5.11 Å². The van der Waals surface area contributed by atoms with Crippen molar-refractivity contribution in [1.29, 1.82) is 0 Å². The number of benzene rings is 1. The molecule has 0 spiro atoms. The minimum atomic E-state index is -0.184. The van der Waals surface area contributed by atoms with E-state index < -0.39 is 0 Å². The zero-order chi connectivity index (χ0) is 12.4. The van der Waals surface area contributed by atoms with Crippen molar-refractivity contribution < 1.29 is 9.84 Å². The first-order valence-electron chi connectivity index (χ1n) is 6.88. The molecular weight excluding hydrogens is 226 g/mol. The van der Waals surface area contributed by atoms with E-state index in [0.717, 1.165) is 32.5 Å². The second-order valence-corrected chi connectivity index (χ2v) is 5.44. The lowest BCUT2D eigenvalue weighted by atomic mass is 9.95. The van der Waals surface area contributed by atoms with Crippen LogP contribution in [0.25, 0.3) is 0 Å². The lowest BCUT2D eigenvalue weighted by Crippen LogP contribution is -2.42. The minimum absolute atomic E-state index is 0.184. The Morgan fingerprint density at radius 1 is 1.28 bits per heavy atom. The van der Waals surface area contributed by atoms with Gasteiger partial charge in [-0.2, -0.15) is 0 Å². The summed E-state index contributed by atoms with van der Waals surface area (Å²) >= 11 is 0. The molecule has 2 heterocycles. The predicted octanol–water partition coefficient (Wildman–Crippen LogP) is 1.44. The van der Waals surface area contributed by atoms with E-state index in [1.807, 2.05) is 0 Å². The number of hydrogen-bond donors (Lipinski definition) is 1. The molecule has 98 valence electrons. The summed E-state index contributed by atoms with van der Waals surface area (Å²) in [6.45, 7) is 4.48. The number of aliphatic hydroxyl groups is 1. The highest BCUT2D eigenvalue weighted by Crippen LogP contribution is 2.22. The van der Waals surface area contributed by atoms with Gasteiger partial charge in [-0.05, 0) is 24.0 Å². The molecule has 2 aliphatic heterocycles. The van der Waals surface area contributed by atoms with Crippen LogP contribution in [0.2, 0.25) is 0 Å². The lowest BCUT2D eigenvalue weighted by molar-refractivity contribution is -0.0478. The van der Waals surface area contributed by atoms with Gasteiger partial charge in [-0.1, -0.05) is 24.3 Å². The molecule has 2 aliphatic rings. The molecule has 18 heavy (non-hydrogen) atoms. The molecule has 1 aromatic carbocycles. The molecule has 2 unspecified atom stereocenters. The maximum Gasteiger partial charge on any atom is 0.0624 e. The quantitative estimate of drug-likeness (QED) is 0.858. The van der Waals surface area contributed by atoms with Crippen molar-refractivity contribution in [2.45, 2.75) is 25.5 Å². The average Bonchev–Trinajstić information content (AvgIpc) is 2.41. The summed E-state index contributed by atoms with van der Waals surface area (Å²) < 4.78 is 5.48. The smallest absolute Gasteiger partial charge is 0.0624 e. The topological polar surface area (TPSA) is 32.7 Å². The molecule has 1 N–H and O–H groups in total. The van der Waals surface area contributed by atoms with Crippen LogP contribution in [-0.2, 0) is 17.7 Å². The van der Waals surface area contributed by atoms with Crippen molar-refractivity contribution in [3.63, 3.8) is 0 Å². The van der Waals surface area contributed by atoms with Gasteiger partial charge in [0, 0.05) is 32.2 Å². The molecule has 1 aromatic rings. The van der Waals surface area contributed by atoms with E-state index in [1.54, 1.807) is 0 Å². The average molecular weight is 247 g/mol. The molecule has 0 bridgehead atoms. The highest BCUT2D eigenvalue weighted by atomic mass is 16.5. The molecule has 3 nitrogen and oxygen atoms in total. The number of ether oxygens (including phenoxy) is 1. The molecular formula is C15H21NO2. The van der Waals surface area contributed by atoms with E-state index >= 15 is 0 Å². The Bertz CT molecular complexity index is 407. The largest absolute Gasteiger partial charge is 0.393 e. The number of rotatable bonds is 2. The Morgan fingerprint density at radius 3 is 2.94 bits per heavy atom. The van der Waals surface area contributed by atoms with E-state index in [1.165, 1.54) is 11.1 Å². The van der Waals surface area contributed by atoms with Crippen LogP contribution < -0.4 is 0 Å². The molecule has 3 heteroatoms. The molecule has 1 fully saturated rings. The van der Waals surface area contributed by atoms with Gasteiger partial charge in [0.15, 0.2) is 0 Å². The molecule has 0 amide bonds. The van der Waals surface area contributed by atoms with Crippen LogP contribution in [0.15, 0.2) is 24.3 Å². The van der Waals surface area contributed by atoms with Crippen LogP contribution in [0.1, 0.15) is 17.5 Å². The van der Waals surface area contributed by atoms with Crippen molar-refractivity contribution in [2.75, 3.05) is 26.3 Å². The number of aliphatic hydroxyl groups excluding tert-OH is 1. The van der Waals surface area contributed by atoms with Gasteiger partial charge in [-0.25, -0.2) is 0 Å². The van der Waals surface area contributed by atoms with E-state index in [4.69, 9.17) is 4.74 Å². The normalized spacial score (nSPS) is 28.9. The fourth-order valence-electron chi connectivity index (χ4n) is 3.00. The predicted molar refractivity (Wildman–Crippen MR) is 70.4 cm³/mol.